The van der Waals surface area contributed by atoms with Gasteiger partial charge >= 0.3 is 6.16 Å². The lowest BCUT2D eigenvalue weighted by Gasteiger charge is -2.34. The molecule has 0 spiro atoms. The Balaban J connectivity index is 1.79. The Hall–Kier alpha value is -3.23. The number of hydrogen-bond donors (Lipinski definition) is 0. The van der Waals surface area contributed by atoms with E-state index in [0.717, 1.165) is 11.0 Å². The largest absolute Gasteiger partial charge is 0.510 e. The highest BCUT2D eigenvalue weighted by Gasteiger charge is 2.44. The third-order valence-electron chi connectivity index (χ3n) is 4.81. The predicted molar refractivity (Wildman–Crippen MR) is 98.7 cm³/mol. The number of carbonyl (C=O) groups is 4. The highest BCUT2D eigenvalue weighted by atomic mass is 19.1. The minimum atomic E-state index is -0.995. The minimum Gasteiger partial charge on any atom is -0.435 e. The zero-order valence-corrected chi connectivity index (χ0v) is 16.1. The summed E-state index contributed by atoms with van der Waals surface area (Å²) >= 11 is 0. The summed E-state index contributed by atoms with van der Waals surface area (Å²) in [7, 11) is 0. The van der Waals surface area contributed by atoms with E-state index in [0.29, 0.717) is 11.1 Å². The van der Waals surface area contributed by atoms with Crippen molar-refractivity contribution in [1.29, 1.82) is 0 Å². The molecular formula is C20H21FN2O6. The molecule has 1 aliphatic carbocycles. The lowest BCUT2D eigenvalue weighted by atomic mass is 10.0. The van der Waals surface area contributed by atoms with E-state index in [1.54, 1.807) is 26.0 Å². The van der Waals surface area contributed by atoms with Gasteiger partial charge in [-0.25, -0.2) is 14.1 Å². The van der Waals surface area contributed by atoms with Gasteiger partial charge in [-0.15, -0.1) is 0 Å². The van der Waals surface area contributed by atoms with E-state index < -0.39 is 42.5 Å². The number of allylic oxidation sites excluding steroid dienone is 6. The van der Waals surface area contributed by atoms with Crippen LogP contribution in [0, 0.1) is 0 Å². The van der Waals surface area contributed by atoms with Crippen molar-refractivity contribution in [3.63, 3.8) is 0 Å². The summed E-state index contributed by atoms with van der Waals surface area (Å²) in [6.07, 6.45) is 5.06. The number of piperidine rings is 1. The first kappa shape index (κ1) is 20.5. The molecule has 0 bridgehead atoms. The van der Waals surface area contributed by atoms with Gasteiger partial charge in [-0.2, -0.15) is 0 Å². The molecule has 1 unspecified atom stereocenters. The fraction of sp³-hybridized carbons (Fsp3) is 0.400. The molecule has 2 fully saturated rings. The smallest absolute Gasteiger partial charge is 0.435 e. The number of rotatable bonds is 4. The lowest BCUT2D eigenvalue weighted by Crippen LogP contribution is -2.55. The second-order valence-electron chi connectivity index (χ2n) is 6.79. The summed E-state index contributed by atoms with van der Waals surface area (Å²) in [6.45, 7) is 2.96. The van der Waals surface area contributed by atoms with Crippen LogP contribution < -0.4 is 0 Å². The quantitative estimate of drug-likeness (QED) is 0.527. The van der Waals surface area contributed by atoms with Crippen LogP contribution in [0.15, 0.2) is 46.9 Å². The molecule has 0 N–H and O–H groups in total. The zero-order chi connectivity index (χ0) is 21.1. The van der Waals surface area contributed by atoms with Crippen LogP contribution in [0.25, 0.3) is 0 Å². The SMILES string of the molecule is CCOC(=O)OCN1C(=O)CCC(N2CC3=C/C=C(C)\C=C(/F)C=C3C2=O)C1=O. The average Bonchev–Trinajstić information content (AvgIpc) is 2.94. The van der Waals surface area contributed by atoms with Gasteiger partial charge in [-0.05, 0) is 43.6 Å². The van der Waals surface area contributed by atoms with E-state index in [2.05, 4.69) is 4.74 Å². The van der Waals surface area contributed by atoms with Gasteiger partial charge in [0.15, 0.2) is 6.73 Å². The summed E-state index contributed by atoms with van der Waals surface area (Å²) in [4.78, 5) is 51.3. The molecule has 3 amide bonds. The van der Waals surface area contributed by atoms with Crippen LogP contribution >= 0.6 is 0 Å². The molecule has 29 heavy (non-hydrogen) atoms. The molecule has 8 nitrogen and oxygen atoms in total. The lowest BCUT2D eigenvalue weighted by molar-refractivity contribution is -0.159. The number of nitrogens with zero attached hydrogens (tertiary/aromatic N) is 2. The van der Waals surface area contributed by atoms with Crippen LogP contribution in [0.4, 0.5) is 9.18 Å². The van der Waals surface area contributed by atoms with E-state index in [1.807, 2.05) is 0 Å². The van der Waals surface area contributed by atoms with Gasteiger partial charge in [-0.3, -0.25) is 14.4 Å². The van der Waals surface area contributed by atoms with Crippen LogP contribution in [-0.4, -0.2) is 59.6 Å². The fourth-order valence-corrected chi connectivity index (χ4v) is 3.38. The molecule has 3 aliphatic rings. The molecule has 2 heterocycles. The molecule has 0 aromatic carbocycles. The fourth-order valence-electron chi connectivity index (χ4n) is 3.38. The zero-order valence-electron chi connectivity index (χ0n) is 16.1. The Bertz CT molecular complexity index is 885. The number of amides is 3. The van der Waals surface area contributed by atoms with Gasteiger partial charge < -0.3 is 14.4 Å². The Kier molecular flexibility index (Phi) is 5.95. The molecule has 2 aliphatic heterocycles. The summed E-state index contributed by atoms with van der Waals surface area (Å²) in [5, 5.41) is 0. The Morgan fingerprint density at radius 2 is 1.97 bits per heavy atom. The summed E-state index contributed by atoms with van der Waals surface area (Å²) in [6, 6.07) is -0.904. The van der Waals surface area contributed by atoms with Gasteiger partial charge in [0, 0.05) is 18.5 Å². The van der Waals surface area contributed by atoms with Crippen molar-refractivity contribution in [3.8, 4) is 0 Å². The van der Waals surface area contributed by atoms with Crippen molar-refractivity contribution >= 4 is 23.9 Å². The second-order valence-corrected chi connectivity index (χ2v) is 6.79. The first-order valence-corrected chi connectivity index (χ1v) is 9.23. The molecule has 2 saturated heterocycles. The first-order valence-electron chi connectivity index (χ1n) is 9.23. The highest BCUT2D eigenvalue weighted by molar-refractivity contribution is 6.07. The van der Waals surface area contributed by atoms with E-state index in [1.165, 1.54) is 11.0 Å². The van der Waals surface area contributed by atoms with Crippen molar-refractivity contribution in [3.05, 3.63) is 46.9 Å². The second kappa shape index (κ2) is 8.42. The summed E-state index contributed by atoms with van der Waals surface area (Å²) in [5.41, 5.74) is 1.47. The molecule has 3 rings (SSSR count). The molecule has 1 atom stereocenters. The van der Waals surface area contributed by atoms with Gasteiger partial charge in [0.2, 0.25) is 5.91 Å². The number of carbonyl (C=O) groups excluding carboxylic acids is 4. The maximum atomic E-state index is 14.1. The Morgan fingerprint density at radius 1 is 1.21 bits per heavy atom. The van der Waals surface area contributed by atoms with E-state index >= 15 is 0 Å². The van der Waals surface area contributed by atoms with Crippen molar-refractivity contribution < 1.29 is 33.0 Å². The first-order chi connectivity index (χ1) is 13.8. The number of ether oxygens (including phenoxy) is 2. The van der Waals surface area contributed by atoms with Gasteiger partial charge in [0.1, 0.15) is 11.9 Å². The Labute approximate surface area is 166 Å². The predicted octanol–water partition coefficient (Wildman–Crippen LogP) is 2.14. The van der Waals surface area contributed by atoms with Gasteiger partial charge in [-0.1, -0.05) is 12.2 Å². The molecule has 9 heteroatoms. The van der Waals surface area contributed by atoms with Crippen LogP contribution in [0.1, 0.15) is 26.7 Å². The molecule has 154 valence electrons. The molecule has 0 saturated carbocycles. The van der Waals surface area contributed by atoms with Crippen LogP contribution in [0.2, 0.25) is 0 Å². The molecule has 0 aromatic rings. The monoisotopic (exact) mass is 404 g/mol. The van der Waals surface area contributed by atoms with E-state index in [-0.39, 0.29) is 31.6 Å². The van der Waals surface area contributed by atoms with Crippen LogP contribution in [0.3, 0.4) is 0 Å². The third kappa shape index (κ3) is 4.28. The van der Waals surface area contributed by atoms with E-state index in [4.69, 9.17) is 4.74 Å². The minimum absolute atomic E-state index is 0.0116. The van der Waals surface area contributed by atoms with Crippen molar-refractivity contribution in [1.82, 2.24) is 9.80 Å². The van der Waals surface area contributed by atoms with Gasteiger partial charge in [0.25, 0.3) is 11.8 Å². The maximum absolute atomic E-state index is 14.1. The number of likely N-dealkylation sites (tertiary alicyclic amines) is 2. The third-order valence-corrected chi connectivity index (χ3v) is 4.81. The molecule has 0 aromatic heterocycles. The number of hydrogen-bond acceptors (Lipinski definition) is 6. The standard InChI is InChI=1S/C20H21FN2O6/c1-3-28-20(27)29-11-23-17(24)7-6-16(19(23)26)22-10-13-5-4-12(2)8-14(21)9-15(13)18(22)25/h4-5,8-9,16H,3,6-7,10-11H2,1-2H3/b5-4?,12-4-,12-8?,13-5?,14-8-,14-9?,15-9?. The maximum Gasteiger partial charge on any atom is 0.510 e. The topological polar surface area (TPSA) is 93.2 Å². The Morgan fingerprint density at radius 3 is 2.69 bits per heavy atom. The number of halogens is 1. The van der Waals surface area contributed by atoms with Crippen LogP contribution in [-0.2, 0) is 23.9 Å². The van der Waals surface area contributed by atoms with Gasteiger partial charge in [0.05, 0.1) is 6.61 Å². The number of fused-ring (bicyclic) bond motifs is 1. The van der Waals surface area contributed by atoms with Crippen LogP contribution in [0.5, 0.6) is 0 Å². The average molecular weight is 404 g/mol. The summed E-state index contributed by atoms with van der Waals surface area (Å²) < 4.78 is 23.5. The molecular weight excluding hydrogens is 383 g/mol. The summed E-state index contributed by atoms with van der Waals surface area (Å²) in [5.74, 6) is -2.17. The van der Waals surface area contributed by atoms with Crippen molar-refractivity contribution in [2.24, 2.45) is 0 Å². The van der Waals surface area contributed by atoms with Crippen molar-refractivity contribution in [2.75, 3.05) is 19.9 Å². The van der Waals surface area contributed by atoms with Crippen molar-refractivity contribution in [2.45, 2.75) is 32.7 Å². The molecule has 0 radical (unpaired) electrons. The highest BCUT2D eigenvalue weighted by Crippen LogP contribution is 2.31. The number of imide groups is 1. The van der Waals surface area contributed by atoms with E-state index in [9.17, 15) is 23.6 Å². The normalized spacial score (nSPS) is 25.8.